The lowest BCUT2D eigenvalue weighted by molar-refractivity contribution is -0.137. The molecule has 3 aromatic rings. The summed E-state index contributed by atoms with van der Waals surface area (Å²) in [7, 11) is 0. The first-order valence-corrected chi connectivity index (χ1v) is 8.47. The van der Waals surface area contributed by atoms with Crippen LogP contribution < -0.4 is 5.32 Å². The van der Waals surface area contributed by atoms with Crippen LogP contribution in [0, 0.1) is 0 Å². The van der Waals surface area contributed by atoms with Crippen molar-refractivity contribution in [3.63, 3.8) is 0 Å². The highest BCUT2D eigenvalue weighted by atomic mass is 19.4. The van der Waals surface area contributed by atoms with Crippen molar-refractivity contribution in [3.8, 4) is 0 Å². The molecule has 1 N–H and O–H groups in total. The van der Waals surface area contributed by atoms with Crippen molar-refractivity contribution < 1.29 is 22.7 Å². The molecule has 1 heterocycles. The molecular formula is C21H17F3N2O2. The lowest BCUT2D eigenvalue weighted by atomic mass is 10.2. The number of hydrogen-bond acceptors (Lipinski definition) is 3. The van der Waals surface area contributed by atoms with Crippen molar-refractivity contribution in [1.29, 1.82) is 0 Å². The van der Waals surface area contributed by atoms with E-state index >= 15 is 0 Å². The Hall–Kier alpha value is -3.19. The van der Waals surface area contributed by atoms with Crippen LogP contribution in [0.3, 0.4) is 0 Å². The predicted molar refractivity (Wildman–Crippen MR) is 98.6 cm³/mol. The molecule has 0 aliphatic heterocycles. The summed E-state index contributed by atoms with van der Waals surface area (Å²) >= 11 is 0. The Morgan fingerprint density at radius 3 is 2.43 bits per heavy atom. The second-order valence-electron chi connectivity index (χ2n) is 6.05. The first-order chi connectivity index (χ1) is 13.4. The normalized spacial score (nSPS) is 11.2. The van der Waals surface area contributed by atoms with Gasteiger partial charge in [0.25, 0.3) is 5.91 Å². The molecule has 1 amide bonds. The van der Waals surface area contributed by atoms with Gasteiger partial charge in [0, 0.05) is 11.9 Å². The average molecular weight is 386 g/mol. The number of carbonyl (C=O) groups is 1. The first kappa shape index (κ1) is 19.6. The molecule has 0 aliphatic carbocycles. The van der Waals surface area contributed by atoms with Crippen LogP contribution in [0.25, 0.3) is 0 Å². The zero-order chi connectivity index (χ0) is 20.0. The van der Waals surface area contributed by atoms with Crippen LogP contribution in [-0.2, 0) is 24.1 Å². The van der Waals surface area contributed by atoms with Crippen LogP contribution in [0.15, 0.2) is 72.9 Å². The van der Waals surface area contributed by atoms with Gasteiger partial charge in [0.1, 0.15) is 0 Å². The second kappa shape index (κ2) is 8.67. The Kier molecular flexibility index (Phi) is 6.06. The van der Waals surface area contributed by atoms with Gasteiger partial charge >= 0.3 is 6.18 Å². The average Bonchev–Trinajstić information content (AvgIpc) is 2.69. The first-order valence-electron chi connectivity index (χ1n) is 8.47. The van der Waals surface area contributed by atoms with E-state index in [9.17, 15) is 18.0 Å². The lowest BCUT2D eigenvalue weighted by Gasteiger charge is -2.10. The van der Waals surface area contributed by atoms with Crippen LogP contribution in [0.5, 0.6) is 0 Å². The maximum absolute atomic E-state index is 12.7. The minimum atomic E-state index is -4.47. The second-order valence-corrected chi connectivity index (χ2v) is 6.05. The molecule has 7 heteroatoms. The maximum atomic E-state index is 12.7. The number of alkyl halides is 3. The number of rotatable bonds is 6. The minimum absolute atomic E-state index is 0.0649. The highest BCUT2D eigenvalue weighted by molar-refractivity contribution is 6.04. The molecule has 0 atom stereocenters. The third-order valence-corrected chi connectivity index (χ3v) is 3.90. The van der Waals surface area contributed by atoms with Crippen LogP contribution in [0.1, 0.15) is 27.2 Å². The number of ether oxygens (including phenoxy) is 1. The minimum Gasteiger partial charge on any atom is -0.370 e. The Bertz CT molecular complexity index is 926. The van der Waals surface area contributed by atoms with Crippen LogP contribution >= 0.6 is 0 Å². The van der Waals surface area contributed by atoms with Crippen molar-refractivity contribution in [3.05, 3.63) is 95.3 Å². The summed E-state index contributed by atoms with van der Waals surface area (Å²) in [6.07, 6.45) is -3.10. The van der Waals surface area contributed by atoms with E-state index in [4.69, 9.17) is 4.74 Å². The molecule has 0 fully saturated rings. The molecule has 0 saturated carbocycles. The largest absolute Gasteiger partial charge is 0.416 e. The SMILES string of the molecule is O=C(Nc1cccc(C(F)(F)F)c1)c1ccc(COCc2ccccc2)nc1. The van der Waals surface area contributed by atoms with Gasteiger partial charge in [-0.05, 0) is 35.9 Å². The van der Waals surface area contributed by atoms with Gasteiger partial charge in [-0.3, -0.25) is 9.78 Å². The van der Waals surface area contributed by atoms with Crippen LogP contribution in [0.2, 0.25) is 0 Å². The summed E-state index contributed by atoms with van der Waals surface area (Å²) in [5, 5.41) is 2.44. The number of pyridine rings is 1. The van der Waals surface area contributed by atoms with Crippen molar-refractivity contribution in [2.45, 2.75) is 19.4 Å². The quantitative estimate of drug-likeness (QED) is 0.644. The fraction of sp³-hybridized carbons (Fsp3) is 0.143. The van der Waals surface area contributed by atoms with Crippen LogP contribution in [-0.4, -0.2) is 10.9 Å². The van der Waals surface area contributed by atoms with E-state index < -0.39 is 17.6 Å². The summed E-state index contributed by atoms with van der Waals surface area (Å²) in [6, 6.07) is 17.3. The van der Waals surface area contributed by atoms with Gasteiger partial charge in [0.2, 0.25) is 0 Å². The molecule has 28 heavy (non-hydrogen) atoms. The van der Waals surface area contributed by atoms with Gasteiger partial charge in [0.15, 0.2) is 0 Å². The number of amides is 1. The summed E-state index contributed by atoms with van der Waals surface area (Å²) < 4.78 is 43.8. The Labute approximate surface area is 160 Å². The van der Waals surface area contributed by atoms with Gasteiger partial charge < -0.3 is 10.1 Å². The zero-order valence-corrected chi connectivity index (χ0v) is 14.7. The third kappa shape index (κ3) is 5.40. The predicted octanol–water partition coefficient (Wildman–Crippen LogP) is 5.07. The molecule has 144 valence electrons. The van der Waals surface area contributed by atoms with E-state index in [0.717, 1.165) is 17.7 Å². The summed E-state index contributed by atoms with van der Waals surface area (Å²) in [5.41, 5.74) is 1.17. The third-order valence-electron chi connectivity index (χ3n) is 3.90. The number of aromatic nitrogens is 1. The molecule has 1 aromatic heterocycles. The van der Waals surface area contributed by atoms with E-state index in [1.165, 1.54) is 18.3 Å². The van der Waals surface area contributed by atoms with E-state index in [2.05, 4.69) is 10.3 Å². The number of nitrogens with one attached hydrogen (secondary N) is 1. The van der Waals surface area contributed by atoms with Gasteiger partial charge in [-0.15, -0.1) is 0 Å². The molecule has 0 bridgehead atoms. The highest BCUT2D eigenvalue weighted by Crippen LogP contribution is 2.30. The molecule has 3 rings (SSSR count). The fourth-order valence-electron chi connectivity index (χ4n) is 2.47. The Morgan fingerprint density at radius 1 is 0.964 bits per heavy atom. The highest BCUT2D eigenvalue weighted by Gasteiger charge is 2.30. The number of halogens is 3. The summed E-state index contributed by atoms with van der Waals surface area (Å²) in [5.74, 6) is -0.538. The lowest BCUT2D eigenvalue weighted by Crippen LogP contribution is -2.13. The molecule has 0 aliphatic rings. The fourth-order valence-corrected chi connectivity index (χ4v) is 2.47. The van der Waals surface area contributed by atoms with E-state index in [0.29, 0.717) is 12.3 Å². The maximum Gasteiger partial charge on any atom is 0.416 e. The topological polar surface area (TPSA) is 51.2 Å². The number of nitrogens with zero attached hydrogens (tertiary/aromatic N) is 1. The van der Waals surface area contributed by atoms with Gasteiger partial charge in [-0.1, -0.05) is 36.4 Å². The smallest absolute Gasteiger partial charge is 0.370 e. The van der Waals surface area contributed by atoms with E-state index in [-0.39, 0.29) is 17.9 Å². The number of anilines is 1. The van der Waals surface area contributed by atoms with Crippen LogP contribution in [0.4, 0.5) is 18.9 Å². The number of benzene rings is 2. The van der Waals surface area contributed by atoms with E-state index in [1.807, 2.05) is 30.3 Å². The molecule has 0 unspecified atom stereocenters. The zero-order valence-electron chi connectivity index (χ0n) is 14.7. The molecule has 0 saturated heterocycles. The Morgan fingerprint density at radius 2 is 1.75 bits per heavy atom. The molecule has 2 aromatic carbocycles. The summed E-state index contributed by atoms with van der Waals surface area (Å²) in [6.45, 7) is 0.727. The van der Waals surface area contributed by atoms with Gasteiger partial charge in [0.05, 0.1) is 30.0 Å². The molecule has 0 radical (unpaired) electrons. The van der Waals surface area contributed by atoms with Crippen molar-refractivity contribution in [1.82, 2.24) is 4.98 Å². The van der Waals surface area contributed by atoms with E-state index in [1.54, 1.807) is 12.1 Å². The van der Waals surface area contributed by atoms with Gasteiger partial charge in [-0.2, -0.15) is 13.2 Å². The van der Waals surface area contributed by atoms with Crippen molar-refractivity contribution in [2.75, 3.05) is 5.32 Å². The standard InChI is InChI=1S/C21H17F3N2O2/c22-21(23,24)17-7-4-8-18(11-17)26-20(27)16-9-10-19(25-12-16)14-28-13-15-5-2-1-3-6-15/h1-12H,13-14H2,(H,26,27). The van der Waals surface area contributed by atoms with Gasteiger partial charge in [-0.25, -0.2) is 0 Å². The molecule has 4 nitrogen and oxygen atoms in total. The van der Waals surface area contributed by atoms with Crippen molar-refractivity contribution >= 4 is 11.6 Å². The van der Waals surface area contributed by atoms with Crippen molar-refractivity contribution in [2.24, 2.45) is 0 Å². The number of carbonyl (C=O) groups excluding carboxylic acids is 1. The molecular weight excluding hydrogens is 369 g/mol. The molecule has 0 spiro atoms. The Balaban J connectivity index is 1.56. The number of hydrogen-bond donors (Lipinski definition) is 1. The monoisotopic (exact) mass is 386 g/mol. The summed E-state index contributed by atoms with van der Waals surface area (Å²) in [4.78, 5) is 16.4.